The summed E-state index contributed by atoms with van der Waals surface area (Å²) in [6, 6.07) is 15.6. The topological polar surface area (TPSA) is 92.9 Å². The number of esters is 1. The Hall–Kier alpha value is -3.45. The van der Waals surface area contributed by atoms with Crippen molar-refractivity contribution in [1.82, 2.24) is 10.1 Å². The fourth-order valence-electron chi connectivity index (χ4n) is 5.04. The molecular formula is C27H28N2O5. The predicted octanol–water partition coefficient (Wildman–Crippen LogP) is 4.65. The Morgan fingerprint density at radius 1 is 1.09 bits per heavy atom. The van der Waals surface area contributed by atoms with Crippen LogP contribution in [0.3, 0.4) is 0 Å². The molecule has 176 valence electrons. The van der Waals surface area contributed by atoms with Gasteiger partial charge in [0.2, 0.25) is 5.78 Å². The molecule has 0 radical (unpaired) electrons. The van der Waals surface area contributed by atoms with Crippen LogP contribution in [0.4, 0.5) is 0 Å². The Balaban J connectivity index is 1.47. The molecule has 1 N–H and O–H groups in total. The van der Waals surface area contributed by atoms with Gasteiger partial charge in [0.25, 0.3) is 0 Å². The van der Waals surface area contributed by atoms with E-state index in [0.717, 1.165) is 31.6 Å². The largest absolute Gasteiger partial charge is 0.507 e. The molecule has 2 aliphatic rings. The van der Waals surface area contributed by atoms with Gasteiger partial charge in [-0.05, 0) is 57.5 Å². The monoisotopic (exact) mass is 460 g/mol. The number of carbonyl (C=O) groups excluding carboxylic acids is 2. The van der Waals surface area contributed by atoms with Crippen LogP contribution in [-0.2, 0) is 11.2 Å². The molecule has 3 aromatic rings. The number of ketones is 1. The number of ether oxygens (including phenoxy) is 1. The summed E-state index contributed by atoms with van der Waals surface area (Å²) in [5.74, 6) is -0.621. The second-order valence-electron chi connectivity index (χ2n) is 9.08. The summed E-state index contributed by atoms with van der Waals surface area (Å²) in [6.07, 6.45) is 4.27. The number of carbonyl (C=O) groups is 2. The van der Waals surface area contributed by atoms with Crippen molar-refractivity contribution in [2.45, 2.75) is 44.1 Å². The van der Waals surface area contributed by atoms with Crippen molar-refractivity contribution in [3.05, 3.63) is 71.5 Å². The van der Waals surface area contributed by atoms with Gasteiger partial charge in [-0.2, -0.15) is 0 Å². The van der Waals surface area contributed by atoms with Crippen molar-refractivity contribution < 1.29 is 24.0 Å². The van der Waals surface area contributed by atoms with Gasteiger partial charge in [-0.15, -0.1) is 0 Å². The molecule has 1 unspecified atom stereocenters. The highest BCUT2D eigenvalue weighted by atomic mass is 16.6. The third kappa shape index (κ3) is 4.23. The zero-order valence-corrected chi connectivity index (χ0v) is 19.0. The molecule has 7 nitrogen and oxygen atoms in total. The van der Waals surface area contributed by atoms with Gasteiger partial charge in [-0.25, -0.2) is 4.79 Å². The summed E-state index contributed by atoms with van der Waals surface area (Å²) < 4.78 is 11.5. The van der Waals surface area contributed by atoms with Crippen LogP contribution < -0.4 is 0 Å². The van der Waals surface area contributed by atoms with E-state index in [1.165, 1.54) is 25.0 Å². The number of nitrogens with zero attached hydrogens (tertiary/aromatic N) is 2. The van der Waals surface area contributed by atoms with Crippen LogP contribution >= 0.6 is 0 Å². The second-order valence-corrected chi connectivity index (χ2v) is 9.08. The van der Waals surface area contributed by atoms with Crippen LogP contribution in [0.2, 0.25) is 0 Å². The lowest BCUT2D eigenvalue weighted by Gasteiger charge is -2.35. The first-order chi connectivity index (χ1) is 16.6. The molecular weight excluding hydrogens is 432 g/mol. The minimum absolute atomic E-state index is 0.0496. The third-order valence-electron chi connectivity index (χ3n) is 6.87. The van der Waals surface area contributed by atoms with Gasteiger partial charge in [0.05, 0.1) is 5.56 Å². The highest BCUT2D eigenvalue weighted by Gasteiger charge is 2.49. The molecule has 0 amide bonds. The maximum Gasteiger partial charge on any atom is 0.342 e. The van der Waals surface area contributed by atoms with Crippen molar-refractivity contribution >= 4 is 11.8 Å². The average molecular weight is 461 g/mol. The summed E-state index contributed by atoms with van der Waals surface area (Å²) in [5.41, 5.74) is 0.363. The number of Topliss-reactive ketones (excluding diaryl/α,β-unsaturated/α-hetero) is 1. The fourth-order valence-corrected chi connectivity index (χ4v) is 5.04. The first-order valence-corrected chi connectivity index (χ1v) is 11.9. The smallest absolute Gasteiger partial charge is 0.342 e. The fraction of sp³-hybridized carbons (Fsp3) is 0.370. The molecule has 1 fully saturated rings. The minimum Gasteiger partial charge on any atom is -0.507 e. The Kier molecular flexibility index (Phi) is 6.20. The molecule has 34 heavy (non-hydrogen) atoms. The van der Waals surface area contributed by atoms with Gasteiger partial charge in [0.1, 0.15) is 22.8 Å². The van der Waals surface area contributed by atoms with E-state index in [1.54, 1.807) is 12.1 Å². The third-order valence-corrected chi connectivity index (χ3v) is 6.87. The molecule has 0 saturated carbocycles. The van der Waals surface area contributed by atoms with E-state index in [0.29, 0.717) is 36.3 Å². The molecule has 0 spiro atoms. The van der Waals surface area contributed by atoms with Crippen LogP contribution in [0.5, 0.6) is 5.75 Å². The molecule has 0 bridgehead atoms. The lowest BCUT2D eigenvalue weighted by atomic mass is 9.77. The number of phenolic OH excluding ortho intramolecular Hbond substituents is 1. The number of likely N-dealkylation sites (tertiary alicyclic amines) is 1. The van der Waals surface area contributed by atoms with Crippen LogP contribution in [0.1, 0.15) is 58.6 Å². The van der Waals surface area contributed by atoms with Crippen LogP contribution in [0.15, 0.2) is 59.1 Å². The summed E-state index contributed by atoms with van der Waals surface area (Å²) in [5, 5.41) is 14.4. The van der Waals surface area contributed by atoms with Crippen molar-refractivity contribution in [2.24, 2.45) is 0 Å². The van der Waals surface area contributed by atoms with Crippen molar-refractivity contribution in [3.8, 4) is 17.0 Å². The summed E-state index contributed by atoms with van der Waals surface area (Å²) >= 11 is 0. The van der Waals surface area contributed by atoms with Crippen molar-refractivity contribution in [3.63, 3.8) is 0 Å². The number of aryl methyl sites for hydroxylation is 1. The van der Waals surface area contributed by atoms with E-state index in [9.17, 15) is 14.7 Å². The van der Waals surface area contributed by atoms with E-state index in [1.807, 2.05) is 30.3 Å². The number of hydrogen-bond donors (Lipinski definition) is 1. The standard InChI is InChI=1S/C27H28N2O5/c30-21-12-5-4-11-20(21)26(32)33-27(14-8-18-29-16-6-7-17-29)15-13-22-23(25(27)31)24(28-34-22)19-9-2-1-3-10-19/h1-5,9-12,30H,6-8,13-18H2. The lowest BCUT2D eigenvalue weighted by molar-refractivity contribution is -0.0206. The average Bonchev–Trinajstić information content (AvgIpc) is 3.53. The Bertz CT molecular complexity index is 1180. The van der Waals surface area contributed by atoms with Crippen molar-refractivity contribution in [1.29, 1.82) is 0 Å². The lowest BCUT2D eigenvalue weighted by Crippen LogP contribution is -2.47. The molecule has 1 atom stereocenters. The van der Waals surface area contributed by atoms with Crippen LogP contribution in [0.25, 0.3) is 11.3 Å². The number of benzene rings is 2. The molecule has 1 aliphatic heterocycles. The summed E-state index contributed by atoms with van der Waals surface area (Å²) in [7, 11) is 0. The van der Waals surface area contributed by atoms with Crippen LogP contribution in [0, 0.1) is 0 Å². The number of fused-ring (bicyclic) bond motifs is 1. The number of para-hydroxylation sites is 1. The maximum absolute atomic E-state index is 14.0. The predicted molar refractivity (Wildman–Crippen MR) is 126 cm³/mol. The molecule has 2 aromatic carbocycles. The van der Waals surface area contributed by atoms with E-state index >= 15 is 0 Å². The van der Waals surface area contributed by atoms with E-state index in [2.05, 4.69) is 10.1 Å². The highest BCUT2D eigenvalue weighted by Crippen LogP contribution is 2.40. The van der Waals surface area contributed by atoms with E-state index in [-0.39, 0.29) is 17.1 Å². The quantitative estimate of drug-likeness (QED) is 0.513. The van der Waals surface area contributed by atoms with Gasteiger partial charge in [0, 0.05) is 18.4 Å². The van der Waals surface area contributed by atoms with Gasteiger partial charge in [0.15, 0.2) is 5.60 Å². The van der Waals surface area contributed by atoms with E-state index < -0.39 is 11.6 Å². The minimum atomic E-state index is -1.33. The zero-order chi connectivity index (χ0) is 23.5. The number of phenols is 1. The Morgan fingerprint density at radius 3 is 2.59 bits per heavy atom. The number of rotatable bonds is 7. The SMILES string of the molecule is O=C(OC1(CCCN2CCCC2)CCc2onc(-c3ccccc3)c2C1=O)c1ccccc1O. The Labute approximate surface area is 198 Å². The van der Waals surface area contributed by atoms with Crippen LogP contribution in [-0.4, -0.2) is 52.2 Å². The zero-order valence-electron chi connectivity index (χ0n) is 19.0. The van der Waals surface area contributed by atoms with Gasteiger partial charge in [-0.3, -0.25) is 4.79 Å². The number of aromatic nitrogens is 1. The second kappa shape index (κ2) is 9.43. The first kappa shape index (κ1) is 22.3. The normalized spacial score (nSPS) is 20.3. The summed E-state index contributed by atoms with van der Waals surface area (Å²) in [6.45, 7) is 2.98. The first-order valence-electron chi connectivity index (χ1n) is 11.9. The van der Waals surface area contributed by atoms with E-state index in [4.69, 9.17) is 9.26 Å². The molecule has 1 aliphatic carbocycles. The molecule has 2 heterocycles. The number of aromatic hydroxyl groups is 1. The molecule has 5 rings (SSSR count). The molecule has 1 aromatic heterocycles. The maximum atomic E-state index is 14.0. The van der Waals surface area contributed by atoms with Gasteiger partial charge < -0.3 is 19.3 Å². The molecule has 1 saturated heterocycles. The highest BCUT2D eigenvalue weighted by molar-refractivity contribution is 6.10. The van der Waals surface area contributed by atoms with Crippen molar-refractivity contribution in [2.75, 3.05) is 19.6 Å². The Morgan fingerprint density at radius 2 is 1.82 bits per heavy atom. The summed E-state index contributed by atoms with van der Waals surface area (Å²) in [4.78, 5) is 29.5. The molecule has 7 heteroatoms. The number of hydrogen-bond acceptors (Lipinski definition) is 7. The van der Waals surface area contributed by atoms with Gasteiger partial charge in [-0.1, -0.05) is 47.6 Å². The van der Waals surface area contributed by atoms with Gasteiger partial charge >= 0.3 is 5.97 Å².